The van der Waals surface area contributed by atoms with E-state index in [0.29, 0.717) is 19.3 Å². The molecule has 1 atom stereocenters. The van der Waals surface area contributed by atoms with Gasteiger partial charge in [-0.2, -0.15) is 0 Å². The Morgan fingerprint density at radius 2 is 0.450 bits per heavy atom. The number of unbranched alkanes of at least 4 members (excludes halogenated alkanes) is 41. The van der Waals surface area contributed by atoms with Gasteiger partial charge in [0.05, 0.1) is 0 Å². The Morgan fingerprint density at radius 3 is 0.725 bits per heavy atom. The molecule has 80 heavy (non-hydrogen) atoms. The molecule has 0 aliphatic carbocycles. The number of ether oxygens (including phenoxy) is 3. The fraction of sp³-hybridized carbons (Fsp3) is 0.797. The summed E-state index contributed by atoms with van der Waals surface area (Å²) in [6, 6.07) is 0. The van der Waals surface area contributed by atoms with Crippen LogP contribution in [0.4, 0.5) is 0 Å². The van der Waals surface area contributed by atoms with Gasteiger partial charge in [-0.05, 0) is 116 Å². The molecule has 0 N–H and O–H groups in total. The van der Waals surface area contributed by atoms with Crippen molar-refractivity contribution in [2.75, 3.05) is 13.2 Å². The molecule has 0 aliphatic rings. The Labute approximate surface area is 497 Å². The van der Waals surface area contributed by atoms with Gasteiger partial charge in [-0.15, -0.1) is 0 Å². The maximum atomic E-state index is 12.9. The minimum Gasteiger partial charge on any atom is -0.462 e. The Balaban J connectivity index is 4.32. The van der Waals surface area contributed by atoms with Crippen LogP contribution in [0.15, 0.2) is 72.9 Å². The quantitative estimate of drug-likeness (QED) is 0.0261. The molecule has 0 radical (unpaired) electrons. The monoisotopic (exact) mass is 1120 g/mol. The molecule has 0 amide bonds. The number of carbonyl (C=O) groups is 3. The lowest BCUT2D eigenvalue weighted by Crippen LogP contribution is -2.30. The zero-order chi connectivity index (χ0) is 57.8. The first kappa shape index (κ1) is 76.9. The summed E-state index contributed by atoms with van der Waals surface area (Å²) in [6.07, 6.45) is 89.1. The third-order valence-corrected chi connectivity index (χ3v) is 15.4. The van der Waals surface area contributed by atoms with E-state index >= 15 is 0 Å². The molecule has 0 saturated carbocycles. The van der Waals surface area contributed by atoms with Crippen molar-refractivity contribution in [3.05, 3.63) is 72.9 Å². The van der Waals surface area contributed by atoms with E-state index in [2.05, 4.69) is 93.7 Å². The number of esters is 3. The largest absolute Gasteiger partial charge is 0.462 e. The summed E-state index contributed by atoms with van der Waals surface area (Å²) in [5.41, 5.74) is 0. The van der Waals surface area contributed by atoms with Crippen LogP contribution in [-0.4, -0.2) is 37.2 Å². The average Bonchev–Trinajstić information content (AvgIpc) is 3.46. The summed E-state index contributed by atoms with van der Waals surface area (Å²) < 4.78 is 17.0. The minimum atomic E-state index is -0.784. The molecule has 0 aromatic carbocycles. The van der Waals surface area contributed by atoms with E-state index in [-0.39, 0.29) is 31.1 Å². The van der Waals surface area contributed by atoms with Crippen molar-refractivity contribution in [3.63, 3.8) is 0 Å². The molecular weight excluding hydrogens is 985 g/mol. The van der Waals surface area contributed by atoms with E-state index in [1.165, 1.54) is 238 Å². The van der Waals surface area contributed by atoms with Crippen molar-refractivity contribution in [2.24, 2.45) is 0 Å². The molecule has 0 aromatic rings. The molecule has 0 rings (SSSR count). The molecule has 0 aliphatic heterocycles. The molecular formula is C74H132O6. The van der Waals surface area contributed by atoms with E-state index in [4.69, 9.17) is 14.2 Å². The molecule has 0 spiro atoms. The second kappa shape index (κ2) is 68.3. The smallest absolute Gasteiger partial charge is 0.306 e. The van der Waals surface area contributed by atoms with Crippen molar-refractivity contribution in [1.82, 2.24) is 0 Å². The van der Waals surface area contributed by atoms with Crippen molar-refractivity contribution < 1.29 is 28.6 Å². The lowest BCUT2D eigenvalue weighted by Gasteiger charge is -2.18. The third kappa shape index (κ3) is 65.7. The fourth-order valence-corrected chi connectivity index (χ4v) is 10.1. The zero-order valence-electron chi connectivity index (χ0n) is 53.3. The summed E-state index contributed by atoms with van der Waals surface area (Å²) in [5, 5.41) is 0. The molecule has 1 unspecified atom stereocenters. The summed E-state index contributed by atoms with van der Waals surface area (Å²) in [4.78, 5) is 38.4. The van der Waals surface area contributed by atoms with Crippen molar-refractivity contribution in [2.45, 2.75) is 367 Å². The van der Waals surface area contributed by atoms with Crippen LogP contribution in [-0.2, 0) is 28.6 Å². The molecule has 0 fully saturated rings. The van der Waals surface area contributed by atoms with Crippen molar-refractivity contribution in [3.8, 4) is 0 Å². The number of hydrogen-bond donors (Lipinski definition) is 0. The van der Waals surface area contributed by atoms with Crippen LogP contribution < -0.4 is 0 Å². The van der Waals surface area contributed by atoms with Gasteiger partial charge < -0.3 is 14.2 Å². The van der Waals surface area contributed by atoms with Crippen LogP contribution >= 0.6 is 0 Å². The van der Waals surface area contributed by atoms with E-state index in [1.807, 2.05) is 0 Å². The zero-order valence-corrected chi connectivity index (χ0v) is 53.3. The number of hydrogen-bond acceptors (Lipinski definition) is 6. The van der Waals surface area contributed by atoms with Gasteiger partial charge in [0, 0.05) is 19.3 Å². The third-order valence-electron chi connectivity index (χ3n) is 15.4. The lowest BCUT2D eigenvalue weighted by atomic mass is 10.0. The summed E-state index contributed by atoms with van der Waals surface area (Å²) in [7, 11) is 0. The van der Waals surface area contributed by atoms with Gasteiger partial charge in [-0.1, -0.05) is 299 Å². The van der Waals surface area contributed by atoms with E-state index in [0.717, 1.165) is 83.5 Å². The van der Waals surface area contributed by atoms with Gasteiger partial charge in [0.15, 0.2) is 6.10 Å². The number of carbonyl (C=O) groups excluding carboxylic acids is 3. The topological polar surface area (TPSA) is 78.9 Å². The minimum absolute atomic E-state index is 0.0789. The lowest BCUT2D eigenvalue weighted by molar-refractivity contribution is -0.167. The molecule has 6 heteroatoms. The molecule has 0 saturated heterocycles. The van der Waals surface area contributed by atoms with Crippen LogP contribution in [0.1, 0.15) is 361 Å². The van der Waals surface area contributed by atoms with E-state index < -0.39 is 6.10 Å². The molecule has 0 aromatic heterocycles. The summed E-state index contributed by atoms with van der Waals surface area (Å²) in [6.45, 7) is 6.65. The van der Waals surface area contributed by atoms with Crippen LogP contribution in [0.5, 0.6) is 0 Å². The predicted molar refractivity (Wildman–Crippen MR) is 348 cm³/mol. The highest BCUT2D eigenvalue weighted by atomic mass is 16.6. The number of rotatable bonds is 64. The van der Waals surface area contributed by atoms with Gasteiger partial charge in [-0.3, -0.25) is 14.4 Å². The van der Waals surface area contributed by atoms with Gasteiger partial charge >= 0.3 is 17.9 Å². The standard InChI is InChI=1S/C74H132O6/c1-4-7-10-13-16-19-22-25-28-31-33-34-35-36-37-38-39-40-41-44-46-49-52-55-58-61-64-67-73(76)79-70-71(69-78-72(75)66-63-60-57-54-51-48-45-42-30-27-24-21-18-15-12-9-6-3)80-74(77)68-65-62-59-56-53-50-47-43-32-29-26-23-20-17-14-11-8-5-2/h20,22-23,25,27,29-33,35-36,71H,4-19,21,24,26,28,34,37-70H2,1-3H3/b23-20-,25-22-,30-27-,32-29-,33-31-,36-35-. The Hall–Kier alpha value is -3.15. The SMILES string of the molecule is CCCCCC/C=C\C/C=C\CCCCCCCCCC(=O)OC(COC(=O)CCCCCCCCC/C=C\CCCCCCCC)COC(=O)CCCCCCCCCCCCCC/C=C\C/C=C\C/C=C\CCCCCCC. The second-order valence-corrected chi connectivity index (χ2v) is 23.4. The van der Waals surface area contributed by atoms with E-state index in [9.17, 15) is 14.4 Å². The van der Waals surface area contributed by atoms with Crippen molar-refractivity contribution >= 4 is 17.9 Å². The molecule has 0 heterocycles. The van der Waals surface area contributed by atoms with Gasteiger partial charge in [0.2, 0.25) is 0 Å². The maximum Gasteiger partial charge on any atom is 0.306 e. The Morgan fingerprint density at radius 1 is 0.250 bits per heavy atom. The highest BCUT2D eigenvalue weighted by molar-refractivity contribution is 5.71. The van der Waals surface area contributed by atoms with Crippen LogP contribution in [0.25, 0.3) is 0 Å². The van der Waals surface area contributed by atoms with Crippen molar-refractivity contribution in [1.29, 1.82) is 0 Å². The fourth-order valence-electron chi connectivity index (χ4n) is 10.1. The summed E-state index contributed by atoms with van der Waals surface area (Å²) in [5.74, 6) is -0.874. The Bertz CT molecular complexity index is 1470. The van der Waals surface area contributed by atoms with Gasteiger partial charge in [0.1, 0.15) is 13.2 Å². The maximum absolute atomic E-state index is 12.9. The summed E-state index contributed by atoms with van der Waals surface area (Å²) >= 11 is 0. The predicted octanol–water partition coefficient (Wildman–Crippen LogP) is 24.1. The van der Waals surface area contributed by atoms with Crippen LogP contribution in [0.3, 0.4) is 0 Å². The normalized spacial score (nSPS) is 12.5. The molecule has 6 nitrogen and oxygen atoms in total. The molecule has 464 valence electrons. The van der Waals surface area contributed by atoms with Crippen LogP contribution in [0, 0.1) is 0 Å². The molecule has 0 bridgehead atoms. The number of allylic oxidation sites excluding steroid dienone is 12. The second-order valence-electron chi connectivity index (χ2n) is 23.4. The Kier molecular flexibility index (Phi) is 65.7. The first-order valence-electron chi connectivity index (χ1n) is 34.9. The highest BCUT2D eigenvalue weighted by Crippen LogP contribution is 2.17. The first-order valence-corrected chi connectivity index (χ1v) is 34.9. The van der Waals surface area contributed by atoms with E-state index in [1.54, 1.807) is 0 Å². The van der Waals surface area contributed by atoms with Gasteiger partial charge in [0.25, 0.3) is 0 Å². The highest BCUT2D eigenvalue weighted by Gasteiger charge is 2.19. The van der Waals surface area contributed by atoms with Crippen LogP contribution in [0.2, 0.25) is 0 Å². The first-order chi connectivity index (χ1) is 39.5. The van der Waals surface area contributed by atoms with Gasteiger partial charge in [-0.25, -0.2) is 0 Å². The average molecular weight is 1120 g/mol.